The maximum Gasteiger partial charge on any atom is 0.293 e. The molecule has 3 heterocycles. The summed E-state index contributed by atoms with van der Waals surface area (Å²) in [6.07, 6.45) is 3.75. The van der Waals surface area contributed by atoms with E-state index in [0.29, 0.717) is 33.7 Å². The Morgan fingerprint density at radius 2 is 2.11 bits per heavy atom. The average molecular weight is 401 g/mol. The van der Waals surface area contributed by atoms with Gasteiger partial charge in [0.05, 0.1) is 22.1 Å². The second kappa shape index (κ2) is 7.01. The molecule has 1 fully saturated rings. The lowest BCUT2D eigenvalue weighted by Gasteiger charge is -2.12. The van der Waals surface area contributed by atoms with Crippen LogP contribution in [-0.4, -0.2) is 30.3 Å². The summed E-state index contributed by atoms with van der Waals surface area (Å²) in [7, 11) is 0. The topological polar surface area (TPSA) is 94.2 Å². The molecule has 0 aromatic carbocycles. The highest BCUT2D eigenvalue weighted by molar-refractivity contribution is 6.34. The average Bonchev–Trinajstić information content (AvgIpc) is 3.40. The summed E-state index contributed by atoms with van der Waals surface area (Å²) in [6.45, 7) is 5.50. The van der Waals surface area contributed by atoms with Crippen molar-refractivity contribution < 1.29 is 4.79 Å². The lowest BCUT2D eigenvalue weighted by Crippen LogP contribution is -2.32. The molecule has 0 saturated heterocycles. The largest absolute Gasteiger partial charge is 0.323 e. The fraction of sp³-hybridized carbons (Fsp3) is 0.421. The summed E-state index contributed by atoms with van der Waals surface area (Å²) in [5.74, 6) is 0.727. The highest BCUT2D eigenvalue weighted by Crippen LogP contribution is 2.39. The van der Waals surface area contributed by atoms with Crippen molar-refractivity contribution in [3.05, 3.63) is 50.9 Å². The number of hydrogen-bond acceptors (Lipinski definition) is 5. The van der Waals surface area contributed by atoms with E-state index < -0.39 is 0 Å². The molecule has 3 aromatic rings. The van der Waals surface area contributed by atoms with E-state index in [4.69, 9.17) is 11.6 Å². The van der Waals surface area contributed by atoms with Crippen LogP contribution in [0.4, 0.5) is 5.69 Å². The maximum absolute atomic E-state index is 12.9. The van der Waals surface area contributed by atoms with Crippen molar-refractivity contribution >= 4 is 28.7 Å². The summed E-state index contributed by atoms with van der Waals surface area (Å²) >= 11 is 6.18. The lowest BCUT2D eigenvalue weighted by atomic mass is 10.2. The zero-order valence-corrected chi connectivity index (χ0v) is 16.7. The standard InChI is InChI=1S/C19H21ClN6O2/c1-10(2)18-24-25(9-16(27)22-13-6-7-21-11(3)17(13)20)19(28)15-8-14(12-4-5-12)23-26(15)18/h6-8,10,12H,4-5,9H2,1-3H3,(H,21,22,27). The number of carbonyl (C=O) groups is 1. The SMILES string of the molecule is Cc1nccc(NC(=O)Cn2nc(C(C)C)n3nc(C4CC4)cc3c2=O)c1Cl. The number of fused-ring (bicyclic) bond motifs is 1. The molecule has 1 aliphatic rings. The first kappa shape index (κ1) is 18.6. The van der Waals surface area contributed by atoms with Crippen molar-refractivity contribution in [2.45, 2.75) is 52.0 Å². The highest BCUT2D eigenvalue weighted by atomic mass is 35.5. The lowest BCUT2D eigenvalue weighted by molar-refractivity contribution is -0.117. The molecule has 4 rings (SSSR count). The van der Waals surface area contributed by atoms with E-state index in [0.717, 1.165) is 18.5 Å². The van der Waals surface area contributed by atoms with E-state index in [1.54, 1.807) is 23.7 Å². The minimum Gasteiger partial charge on any atom is -0.323 e. The van der Waals surface area contributed by atoms with Gasteiger partial charge in [-0.05, 0) is 31.9 Å². The number of nitrogens with zero attached hydrogens (tertiary/aromatic N) is 5. The number of nitrogens with one attached hydrogen (secondary N) is 1. The fourth-order valence-corrected chi connectivity index (χ4v) is 3.25. The molecule has 0 bridgehead atoms. The number of halogens is 1. The Kier molecular flexibility index (Phi) is 4.66. The van der Waals surface area contributed by atoms with Gasteiger partial charge in [-0.15, -0.1) is 0 Å². The molecule has 0 aliphatic heterocycles. The number of amides is 1. The van der Waals surface area contributed by atoms with E-state index in [-0.39, 0.29) is 23.9 Å². The Bertz CT molecular complexity index is 1130. The molecule has 0 unspecified atom stereocenters. The summed E-state index contributed by atoms with van der Waals surface area (Å²) in [4.78, 5) is 29.5. The molecular weight excluding hydrogens is 380 g/mol. The van der Waals surface area contributed by atoms with Gasteiger partial charge in [0.1, 0.15) is 12.1 Å². The molecule has 0 radical (unpaired) electrons. The van der Waals surface area contributed by atoms with Crippen molar-refractivity contribution in [1.82, 2.24) is 24.4 Å². The Morgan fingerprint density at radius 1 is 1.36 bits per heavy atom. The minimum atomic E-state index is -0.386. The molecule has 28 heavy (non-hydrogen) atoms. The van der Waals surface area contributed by atoms with Crippen LogP contribution in [-0.2, 0) is 11.3 Å². The Hall–Kier alpha value is -2.74. The van der Waals surface area contributed by atoms with Crippen LogP contribution >= 0.6 is 11.6 Å². The number of carbonyl (C=O) groups excluding carboxylic acids is 1. The van der Waals surface area contributed by atoms with Crippen molar-refractivity contribution in [2.24, 2.45) is 0 Å². The number of aryl methyl sites for hydroxylation is 1. The van der Waals surface area contributed by atoms with Crippen LogP contribution in [0.5, 0.6) is 0 Å². The van der Waals surface area contributed by atoms with Crippen LogP contribution in [0.1, 0.15) is 55.7 Å². The van der Waals surface area contributed by atoms with Crippen molar-refractivity contribution in [2.75, 3.05) is 5.32 Å². The normalized spacial score (nSPS) is 14.0. The first-order chi connectivity index (χ1) is 13.3. The third-order valence-corrected chi connectivity index (χ3v) is 5.24. The fourth-order valence-electron chi connectivity index (χ4n) is 3.09. The molecule has 146 valence electrons. The second-order valence-corrected chi connectivity index (χ2v) is 7.80. The molecule has 0 spiro atoms. The second-order valence-electron chi connectivity index (χ2n) is 7.42. The molecule has 1 saturated carbocycles. The molecule has 1 amide bonds. The van der Waals surface area contributed by atoms with Crippen LogP contribution in [0.3, 0.4) is 0 Å². The van der Waals surface area contributed by atoms with Crippen LogP contribution < -0.4 is 10.9 Å². The number of hydrogen-bond donors (Lipinski definition) is 1. The Balaban J connectivity index is 1.68. The van der Waals surface area contributed by atoms with Gasteiger partial charge in [0.2, 0.25) is 5.91 Å². The maximum atomic E-state index is 12.9. The van der Waals surface area contributed by atoms with Gasteiger partial charge in [0.15, 0.2) is 5.82 Å². The van der Waals surface area contributed by atoms with E-state index in [1.165, 1.54) is 4.68 Å². The monoisotopic (exact) mass is 400 g/mol. The molecule has 9 heteroatoms. The zero-order chi connectivity index (χ0) is 20.0. The van der Waals surface area contributed by atoms with Crippen molar-refractivity contribution in [1.29, 1.82) is 0 Å². The molecular formula is C19H21ClN6O2. The molecule has 3 aromatic heterocycles. The quantitative estimate of drug-likeness (QED) is 0.710. The molecule has 1 aliphatic carbocycles. The Labute approximate surface area is 166 Å². The number of rotatable bonds is 5. The van der Waals surface area contributed by atoms with Crippen LogP contribution in [0, 0.1) is 6.92 Å². The summed E-state index contributed by atoms with van der Waals surface area (Å²) in [5, 5.41) is 12.1. The smallest absolute Gasteiger partial charge is 0.293 e. The predicted octanol–water partition coefficient (Wildman–Crippen LogP) is 2.89. The van der Waals surface area contributed by atoms with Gasteiger partial charge in [-0.25, -0.2) is 9.20 Å². The number of aromatic nitrogens is 5. The third kappa shape index (κ3) is 3.40. The van der Waals surface area contributed by atoms with Gasteiger partial charge in [-0.3, -0.25) is 14.6 Å². The minimum absolute atomic E-state index is 0.0432. The Morgan fingerprint density at radius 3 is 2.79 bits per heavy atom. The van der Waals surface area contributed by atoms with Crippen LogP contribution in [0.25, 0.3) is 5.52 Å². The molecule has 1 N–H and O–H groups in total. The molecule has 0 atom stereocenters. The van der Waals surface area contributed by atoms with Gasteiger partial charge in [-0.1, -0.05) is 25.4 Å². The van der Waals surface area contributed by atoms with E-state index >= 15 is 0 Å². The zero-order valence-electron chi connectivity index (χ0n) is 15.9. The number of anilines is 1. The van der Waals surface area contributed by atoms with Crippen molar-refractivity contribution in [3.8, 4) is 0 Å². The summed E-state index contributed by atoms with van der Waals surface area (Å²) in [6, 6.07) is 3.44. The third-order valence-electron chi connectivity index (χ3n) is 4.76. The van der Waals surface area contributed by atoms with Gasteiger partial charge in [0, 0.05) is 18.0 Å². The number of pyridine rings is 1. The van der Waals surface area contributed by atoms with E-state index in [9.17, 15) is 9.59 Å². The summed E-state index contributed by atoms with van der Waals surface area (Å²) in [5.41, 5.74) is 2.10. The van der Waals surface area contributed by atoms with Gasteiger partial charge in [0.25, 0.3) is 5.56 Å². The van der Waals surface area contributed by atoms with E-state index in [2.05, 4.69) is 20.5 Å². The van der Waals surface area contributed by atoms with Crippen LogP contribution in [0.2, 0.25) is 5.02 Å². The highest BCUT2D eigenvalue weighted by Gasteiger charge is 2.28. The summed E-state index contributed by atoms with van der Waals surface area (Å²) < 4.78 is 2.82. The molecule has 8 nitrogen and oxygen atoms in total. The van der Waals surface area contributed by atoms with Gasteiger partial charge >= 0.3 is 0 Å². The predicted molar refractivity (Wildman–Crippen MR) is 106 cm³/mol. The van der Waals surface area contributed by atoms with Crippen LogP contribution in [0.15, 0.2) is 23.1 Å². The van der Waals surface area contributed by atoms with E-state index in [1.807, 2.05) is 19.9 Å². The van der Waals surface area contributed by atoms with Gasteiger partial charge < -0.3 is 5.32 Å². The van der Waals surface area contributed by atoms with Crippen molar-refractivity contribution in [3.63, 3.8) is 0 Å². The van der Waals surface area contributed by atoms with Gasteiger partial charge in [-0.2, -0.15) is 10.2 Å². The first-order valence-corrected chi connectivity index (χ1v) is 9.64. The first-order valence-electron chi connectivity index (χ1n) is 9.26.